The first-order valence-corrected chi connectivity index (χ1v) is 15.3. The summed E-state index contributed by atoms with van der Waals surface area (Å²) in [5.41, 5.74) is -0.437. The van der Waals surface area contributed by atoms with Gasteiger partial charge in [-0.05, 0) is 75.5 Å². The van der Waals surface area contributed by atoms with Gasteiger partial charge in [-0.3, -0.25) is 19.3 Å². The second-order valence-corrected chi connectivity index (χ2v) is 13.7. The highest BCUT2D eigenvalue weighted by molar-refractivity contribution is 5.86. The highest BCUT2D eigenvalue weighted by Crippen LogP contribution is 2.66. The average Bonchev–Trinajstić information content (AvgIpc) is 3.51. The molecule has 0 N–H and O–H groups in total. The molecule has 210 valence electrons. The first kappa shape index (κ1) is 25.3. The number of nitrogens with zero attached hydrogens (tertiary/aromatic N) is 1. The van der Waals surface area contributed by atoms with Crippen LogP contribution in [0.2, 0.25) is 0 Å². The van der Waals surface area contributed by atoms with E-state index in [-0.39, 0.29) is 41.7 Å². The number of hydrogen-bond donors (Lipinski definition) is 0. The lowest BCUT2D eigenvalue weighted by molar-refractivity contribution is -0.218. The van der Waals surface area contributed by atoms with Crippen LogP contribution in [0.3, 0.4) is 0 Å². The molecule has 6 saturated carbocycles. The van der Waals surface area contributed by atoms with Gasteiger partial charge in [-0.25, -0.2) is 0 Å². The van der Waals surface area contributed by atoms with Crippen LogP contribution in [0.15, 0.2) is 0 Å². The summed E-state index contributed by atoms with van der Waals surface area (Å²) in [6.45, 7) is 7.15. The molecule has 6 bridgehead atoms. The van der Waals surface area contributed by atoms with Crippen molar-refractivity contribution >= 4 is 17.9 Å². The Kier molecular flexibility index (Phi) is 6.12. The summed E-state index contributed by atoms with van der Waals surface area (Å²) in [7, 11) is 0. The van der Waals surface area contributed by atoms with Crippen molar-refractivity contribution < 1.29 is 33.3 Å². The Balaban J connectivity index is 1.10. The van der Waals surface area contributed by atoms with E-state index in [9.17, 15) is 14.4 Å². The summed E-state index contributed by atoms with van der Waals surface area (Å²) in [5, 5.41) is 0. The van der Waals surface area contributed by atoms with Gasteiger partial charge in [-0.2, -0.15) is 0 Å². The van der Waals surface area contributed by atoms with Gasteiger partial charge < -0.3 is 18.9 Å². The molecule has 6 unspecified atom stereocenters. The number of fused-ring (bicyclic) bond motifs is 1. The van der Waals surface area contributed by atoms with Crippen LogP contribution in [-0.2, 0) is 33.3 Å². The molecule has 2 heterocycles. The summed E-state index contributed by atoms with van der Waals surface area (Å²) in [5.74, 6) is 0.0727. The molecule has 6 aliphatic carbocycles. The Labute approximate surface area is 225 Å². The molecule has 0 aromatic carbocycles. The molecule has 8 heteroatoms. The first-order chi connectivity index (χ1) is 18.3. The van der Waals surface area contributed by atoms with Gasteiger partial charge in [0.2, 0.25) is 0 Å². The first-order valence-electron chi connectivity index (χ1n) is 15.3. The Hall–Kier alpha value is -1.67. The van der Waals surface area contributed by atoms with Crippen molar-refractivity contribution in [1.29, 1.82) is 0 Å². The number of esters is 3. The van der Waals surface area contributed by atoms with Crippen LogP contribution in [0, 0.1) is 46.8 Å². The summed E-state index contributed by atoms with van der Waals surface area (Å²) in [6.07, 6.45) is 8.82. The van der Waals surface area contributed by atoms with Crippen LogP contribution in [0.4, 0.5) is 0 Å². The topological polar surface area (TPSA) is 91.4 Å². The molecule has 2 aliphatic heterocycles. The summed E-state index contributed by atoms with van der Waals surface area (Å²) in [6, 6.07) is 0. The fraction of sp³-hybridized carbons (Fsp3) is 0.900. The third-order valence-corrected chi connectivity index (χ3v) is 12.0. The number of ether oxygens (including phenoxy) is 4. The van der Waals surface area contributed by atoms with E-state index in [0.717, 1.165) is 30.6 Å². The molecule has 8 fully saturated rings. The van der Waals surface area contributed by atoms with Gasteiger partial charge in [-0.1, -0.05) is 13.8 Å². The van der Waals surface area contributed by atoms with E-state index in [2.05, 4.69) is 13.8 Å². The number of rotatable bonds is 8. The fourth-order valence-corrected chi connectivity index (χ4v) is 10.8. The zero-order chi connectivity index (χ0) is 26.2. The van der Waals surface area contributed by atoms with Crippen LogP contribution in [0.5, 0.6) is 0 Å². The van der Waals surface area contributed by atoms with E-state index in [1.165, 1.54) is 38.5 Å². The second kappa shape index (κ2) is 9.18. The molecule has 8 nitrogen and oxygen atoms in total. The molecule has 6 atom stereocenters. The third kappa shape index (κ3) is 3.71. The predicted molar refractivity (Wildman–Crippen MR) is 136 cm³/mol. The van der Waals surface area contributed by atoms with E-state index >= 15 is 0 Å². The monoisotopic (exact) mass is 529 g/mol. The second-order valence-electron chi connectivity index (χ2n) is 13.7. The van der Waals surface area contributed by atoms with Crippen molar-refractivity contribution in [1.82, 2.24) is 4.90 Å². The standard InChI is InChI=1S/C30H43NO7/c1-3-30(4-2,29-13-17-9-18(14-29)11-19(10-17)15-29)38-28(34)24-21-12-20-23(24)27(33)37-26(20)25(21)36-22(32)16-31-5-7-35-8-6-31/h17-21,23-26H,3-16H2,1-2H3. The maximum absolute atomic E-state index is 14.2. The van der Waals surface area contributed by atoms with Crippen molar-refractivity contribution in [3.63, 3.8) is 0 Å². The Bertz CT molecular complexity index is 950. The number of carbonyl (C=O) groups excluding carboxylic acids is 3. The zero-order valence-corrected chi connectivity index (χ0v) is 22.9. The number of hydrogen-bond acceptors (Lipinski definition) is 8. The molecular weight excluding hydrogens is 486 g/mol. The molecule has 0 radical (unpaired) electrons. The lowest BCUT2D eigenvalue weighted by atomic mass is 9.44. The number of carbonyl (C=O) groups is 3. The Morgan fingerprint density at radius 1 is 0.974 bits per heavy atom. The molecule has 0 aromatic rings. The molecular formula is C30H43NO7. The van der Waals surface area contributed by atoms with Gasteiger partial charge in [0.15, 0.2) is 0 Å². The van der Waals surface area contributed by atoms with Crippen LogP contribution < -0.4 is 0 Å². The van der Waals surface area contributed by atoms with Gasteiger partial charge in [0.1, 0.15) is 17.8 Å². The van der Waals surface area contributed by atoms with Crippen molar-refractivity contribution in [2.45, 2.75) is 89.4 Å². The predicted octanol–water partition coefficient (Wildman–Crippen LogP) is 3.36. The van der Waals surface area contributed by atoms with Gasteiger partial charge in [-0.15, -0.1) is 0 Å². The van der Waals surface area contributed by atoms with E-state index < -0.39 is 29.6 Å². The van der Waals surface area contributed by atoms with Crippen molar-refractivity contribution in [2.24, 2.45) is 46.8 Å². The van der Waals surface area contributed by atoms with Crippen LogP contribution in [0.1, 0.15) is 71.6 Å². The highest BCUT2D eigenvalue weighted by Gasteiger charge is 2.71. The van der Waals surface area contributed by atoms with Crippen molar-refractivity contribution in [2.75, 3.05) is 32.8 Å². The molecule has 38 heavy (non-hydrogen) atoms. The normalized spacial score (nSPS) is 44.9. The van der Waals surface area contributed by atoms with Crippen LogP contribution >= 0.6 is 0 Å². The third-order valence-electron chi connectivity index (χ3n) is 12.0. The minimum absolute atomic E-state index is 0.0568. The zero-order valence-electron chi connectivity index (χ0n) is 22.9. The molecule has 0 aromatic heterocycles. The fourth-order valence-electron chi connectivity index (χ4n) is 10.8. The quantitative estimate of drug-likeness (QED) is 0.349. The van der Waals surface area contributed by atoms with E-state index in [0.29, 0.717) is 32.7 Å². The van der Waals surface area contributed by atoms with E-state index in [1.54, 1.807) is 0 Å². The Morgan fingerprint density at radius 2 is 1.61 bits per heavy atom. The van der Waals surface area contributed by atoms with Crippen molar-refractivity contribution in [3.05, 3.63) is 0 Å². The van der Waals surface area contributed by atoms with Gasteiger partial charge in [0.05, 0.1) is 31.6 Å². The lowest BCUT2D eigenvalue weighted by Crippen LogP contribution is -2.60. The van der Waals surface area contributed by atoms with Crippen LogP contribution in [-0.4, -0.2) is 73.5 Å². The molecule has 2 saturated heterocycles. The number of morpholine rings is 1. The maximum atomic E-state index is 14.2. The summed E-state index contributed by atoms with van der Waals surface area (Å²) < 4.78 is 23.8. The summed E-state index contributed by atoms with van der Waals surface area (Å²) >= 11 is 0. The SMILES string of the molecule is CCC(CC)(OC(=O)C1C2CC3C(OC(=O)C31)C2OC(=O)CN1CCOCC1)C12CC3CC(CC(C3)C1)C2. The highest BCUT2D eigenvalue weighted by atomic mass is 16.6. The van der Waals surface area contributed by atoms with Gasteiger partial charge in [0.25, 0.3) is 0 Å². The lowest BCUT2D eigenvalue weighted by Gasteiger charge is -2.63. The van der Waals surface area contributed by atoms with Gasteiger partial charge >= 0.3 is 17.9 Å². The van der Waals surface area contributed by atoms with E-state index in [4.69, 9.17) is 18.9 Å². The van der Waals surface area contributed by atoms with Crippen molar-refractivity contribution in [3.8, 4) is 0 Å². The molecule has 0 spiro atoms. The smallest absolute Gasteiger partial charge is 0.320 e. The average molecular weight is 530 g/mol. The van der Waals surface area contributed by atoms with E-state index in [1.807, 2.05) is 4.90 Å². The largest absolute Gasteiger partial charge is 0.458 e. The molecule has 8 aliphatic rings. The summed E-state index contributed by atoms with van der Waals surface area (Å²) in [4.78, 5) is 42.1. The maximum Gasteiger partial charge on any atom is 0.320 e. The minimum Gasteiger partial charge on any atom is -0.458 e. The van der Waals surface area contributed by atoms with Crippen LogP contribution in [0.25, 0.3) is 0 Å². The Morgan fingerprint density at radius 3 is 2.21 bits per heavy atom. The molecule has 0 amide bonds. The minimum atomic E-state index is -0.584. The molecule has 8 rings (SSSR count). The van der Waals surface area contributed by atoms with Gasteiger partial charge in [0, 0.05) is 30.3 Å².